The molecule has 1 rings (SSSR count). The molecule has 0 aliphatic carbocycles. The van der Waals surface area contributed by atoms with Gasteiger partial charge in [-0.15, -0.1) is 0 Å². The highest BCUT2D eigenvalue weighted by atomic mass is 16.4. The average Bonchev–Trinajstić information content (AvgIpc) is 2.35. The van der Waals surface area contributed by atoms with Crippen LogP contribution in [0, 0.1) is 0 Å². The van der Waals surface area contributed by atoms with Crippen LogP contribution >= 0.6 is 0 Å². The summed E-state index contributed by atoms with van der Waals surface area (Å²) in [5, 5.41) is 12.1. The Labute approximate surface area is 72.6 Å². The molecule has 0 aromatic heterocycles. The number of nitrogens with zero attached hydrogens (tertiary/aromatic N) is 1. The van der Waals surface area contributed by atoms with E-state index in [1.54, 1.807) is 0 Å². The third kappa shape index (κ3) is 1.76. The summed E-state index contributed by atoms with van der Waals surface area (Å²) in [6.45, 7) is 1.39. The molecule has 4 nitrogen and oxygen atoms in total. The summed E-state index contributed by atoms with van der Waals surface area (Å²) in [7, 11) is 3.79. The SMILES string of the molecule is CN(C)C[C@@]1(C(=O)O)CCCN1. The second-order valence-electron chi connectivity index (χ2n) is 3.66. The van der Waals surface area contributed by atoms with Gasteiger partial charge < -0.3 is 15.3 Å². The van der Waals surface area contributed by atoms with Gasteiger partial charge in [-0.3, -0.25) is 4.79 Å². The van der Waals surface area contributed by atoms with Gasteiger partial charge in [0.2, 0.25) is 0 Å². The van der Waals surface area contributed by atoms with Crippen LogP contribution in [0.25, 0.3) is 0 Å². The number of hydrogen-bond acceptors (Lipinski definition) is 3. The molecule has 1 aliphatic rings. The smallest absolute Gasteiger partial charge is 0.325 e. The molecule has 4 heteroatoms. The van der Waals surface area contributed by atoms with Crippen molar-refractivity contribution in [2.24, 2.45) is 0 Å². The fourth-order valence-electron chi connectivity index (χ4n) is 1.73. The molecule has 0 aromatic rings. The van der Waals surface area contributed by atoms with Gasteiger partial charge in [0, 0.05) is 6.54 Å². The lowest BCUT2D eigenvalue weighted by molar-refractivity contribution is -0.144. The van der Waals surface area contributed by atoms with Gasteiger partial charge in [-0.1, -0.05) is 0 Å². The van der Waals surface area contributed by atoms with E-state index in [1.165, 1.54) is 0 Å². The van der Waals surface area contributed by atoms with Crippen molar-refractivity contribution in [2.45, 2.75) is 18.4 Å². The van der Waals surface area contributed by atoms with Gasteiger partial charge in [0.25, 0.3) is 0 Å². The van der Waals surface area contributed by atoms with Crippen molar-refractivity contribution in [3.8, 4) is 0 Å². The van der Waals surface area contributed by atoms with Crippen LogP contribution in [0.5, 0.6) is 0 Å². The number of hydrogen-bond donors (Lipinski definition) is 2. The summed E-state index contributed by atoms with van der Waals surface area (Å²) in [6, 6.07) is 0. The second kappa shape index (κ2) is 3.41. The van der Waals surface area contributed by atoms with Crippen LogP contribution in [-0.2, 0) is 4.79 Å². The Hall–Kier alpha value is -0.610. The molecule has 1 fully saturated rings. The van der Waals surface area contributed by atoms with Gasteiger partial charge in [-0.05, 0) is 33.5 Å². The maximum absolute atomic E-state index is 11.0. The normalized spacial score (nSPS) is 29.6. The molecular formula is C8H16N2O2. The highest BCUT2D eigenvalue weighted by Gasteiger charge is 2.41. The Morgan fingerprint density at radius 3 is 2.67 bits per heavy atom. The number of carboxylic acids is 1. The van der Waals surface area contributed by atoms with Crippen molar-refractivity contribution < 1.29 is 9.90 Å². The zero-order valence-corrected chi connectivity index (χ0v) is 7.63. The van der Waals surface area contributed by atoms with Crippen LogP contribution < -0.4 is 5.32 Å². The average molecular weight is 172 g/mol. The van der Waals surface area contributed by atoms with Crippen molar-refractivity contribution in [1.82, 2.24) is 10.2 Å². The summed E-state index contributed by atoms with van der Waals surface area (Å²) in [5.41, 5.74) is -0.691. The van der Waals surface area contributed by atoms with Gasteiger partial charge >= 0.3 is 5.97 Å². The minimum Gasteiger partial charge on any atom is -0.480 e. The summed E-state index contributed by atoms with van der Waals surface area (Å²) in [6.07, 6.45) is 1.70. The maximum Gasteiger partial charge on any atom is 0.325 e. The number of nitrogens with one attached hydrogen (secondary N) is 1. The van der Waals surface area contributed by atoms with Gasteiger partial charge in [0.05, 0.1) is 0 Å². The van der Waals surface area contributed by atoms with Crippen LogP contribution in [0.2, 0.25) is 0 Å². The van der Waals surface area contributed by atoms with Gasteiger partial charge in [0.1, 0.15) is 5.54 Å². The van der Waals surface area contributed by atoms with Crippen molar-refractivity contribution in [1.29, 1.82) is 0 Å². The molecule has 1 atom stereocenters. The molecule has 0 unspecified atom stereocenters. The number of carbonyl (C=O) groups is 1. The summed E-state index contributed by atoms with van der Waals surface area (Å²) in [4.78, 5) is 12.9. The highest BCUT2D eigenvalue weighted by molar-refractivity contribution is 5.79. The Balaban J connectivity index is 2.65. The molecule has 2 N–H and O–H groups in total. The van der Waals surface area contributed by atoms with E-state index in [9.17, 15) is 4.79 Å². The molecule has 1 aliphatic heterocycles. The quantitative estimate of drug-likeness (QED) is 0.616. The monoisotopic (exact) mass is 172 g/mol. The summed E-state index contributed by atoms with van der Waals surface area (Å²) < 4.78 is 0. The van der Waals surface area contributed by atoms with Gasteiger partial charge in [-0.25, -0.2) is 0 Å². The first-order valence-electron chi connectivity index (χ1n) is 4.20. The maximum atomic E-state index is 11.0. The van der Waals surface area contributed by atoms with E-state index in [0.29, 0.717) is 6.54 Å². The Bertz CT molecular complexity index is 174. The molecule has 0 amide bonds. The molecule has 0 aromatic carbocycles. The first-order chi connectivity index (χ1) is 5.57. The molecule has 70 valence electrons. The molecule has 0 saturated carbocycles. The lowest BCUT2D eigenvalue weighted by Crippen LogP contribution is -2.54. The summed E-state index contributed by atoms with van der Waals surface area (Å²) in [5.74, 6) is -0.728. The molecule has 1 saturated heterocycles. The van der Waals surface area contributed by atoms with Crippen molar-refractivity contribution in [2.75, 3.05) is 27.2 Å². The number of carboxylic acid groups (broad SMARTS) is 1. The zero-order valence-electron chi connectivity index (χ0n) is 7.63. The fourth-order valence-corrected chi connectivity index (χ4v) is 1.73. The molecule has 1 heterocycles. The second-order valence-corrected chi connectivity index (χ2v) is 3.66. The third-order valence-electron chi connectivity index (χ3n) is 2.24. The Morgan fingerprint density at radius 2 is 2.33 bits per heavy atom. The van der Waals surface area contributed by atoms with Crippen LogP contribution in [-0.4, -0.2) is 48.7 Å². The van der Waals surface area contributed by atoms with Gasteiger partial charge in [0.15, 0.2) is 0 Å². The molecule has 0 radical (unpaired) electrons. The number of rotatable bonds is 3. The first-order valence-corrected chi connectivity index (χ1v) is 4.20. The minimum atomic E-state index is -0.728. The van der Waals surface area contributed by atoms with E-state index in [0.717, 1.165) is 19.4 Å². The predicted molar refractivity (Wildman–Crippen MR) is 46.2 cm³/mol. The lowest BCUT2D eigenvalue weighted by atomic mass is 9.97. The van der Waals surface area contributed by atoms with Crippen LogP contribution in [0.3, 0.4) is 0 Å². The van der Waals surface area contributed by atoms with E-state index in [2.05, 4.69) is 5.32 Å². The van der Waals surface area contributed by atoms with E-state index >= 15 is 0 Å². The van der Waals surface area contributed by atoms with E-state index in [1.807, 2.05) is 19.0 Å². The molecule has 0 bridgehead atoms. The van der Waals surface area contributed by atoms with Gasteiger partial charge in [-0.2, -0.15) is 0 Å². The predicted octanol–water partition coefficient (Wildman–Crippen LogP) is -0.245. The van der Waals surface area contributed by atoms with Crippen LogP contribution in [0.4, 0.5) is 0 Å². The fraction of sp³-hybridized carbons (Fsp3) is 0.875. The number of aliphatic carboxylic acids is 1. The van der Waals surface area contributed by atoms with Crippen LogP contribution in [0.1, 0.15) is 12.8 Å². The van der Waals surface area contributed by atoms with Crippen molar-refractivity contribution in [3.05, 3.63) is 0 Å². The molecular weight excluding hydrogens is 156 g/mol. The van der Waals surface area contributed by atoms with E-state index < -0.39 is 11.5 Å². The molecule has 0 spiro atoms. The van der Waals surface area contributed by atoms with Crippen molar-refractivity contribution in [3.63, 3.8) is 0 Å². The van der Waals surface area contributed by atoms with E-state index in [-0.39, 0.29) is 0 Å². The summed E-state index contributed by atoms with van der Waals surface area (Å²) >= 11 is 0. The van der Waals surface area contributed by atoms with Crippen LogP contribution in [0.15, 0.2) is 0 Å². The third-order valence-corrected chi connectivity index (χ3v) is 2.24. The number of likely N-dealkylation sites (N-methyl/N-ethyl adjacent to an activating group) is 1. The first kappa shape index (κ1) is 9.48. The Kier molecular flexibility index (Phi) is 2.69. The Morgan fingerprint density at radius 1 is 1.67 bits per heavy atom. The van der Waals surface area contributed by atoms with Crippen molar-refractivity contribution >= 4 is 5.97 Å². The molecule has 12 heavy (non-hydrogen) atoms. The zero-order chi connectivity index (χ0) is 9.19. The lowest BCUT2D eigenvalue weighted by Gasteiger charge is -2.27. The standard InChI is InChI=1S/C8H16N2O2/c1-10(2)6-8(7(11)12)4-3-5-9-8/h9H,3-6H2,1-2H3,(H,11,12)/t8-/m1/s1. The minimum absolute atomic E-state index is 0.572. The van der Waals surface area contributed by atoms with E-state index in [4.69, 9.17) is 5.11 Å². The highest BCUT2D eigenvalue weighted by Crippen LogP contribution is 2.19. The topological polar surface area (TPSA) is 52.6 Å². The largest absolute Gasteiger partial charge is 0.480 e.